The number of esters is 1. The lowest BCUT2D eigenvalue weighted by Gasteiger charge is -2.33. The van der Waals surface area contributed by atoms with E-state index in [9.17, 15) is 4.79 Å². The Morgan fingerprint density at radius 3 is 2.50 bits per heavy atom. The molecule has 0 spiro atoms. The second-order valence-corrected chi connectivity index (χ2v) is 9.46. The molecule has 0 saturated heterocycles. The van der Waals surface area contributed by atoms with Gasteiger partial charge in [0.1, 0.15) is 5.69 Å². The van der Waals surface area contributed by atoms with Crippen LogP contribution in [0.2, 0.25) is 0 Å². The topological polar surface area (TPSA) is 47.4 Å². The third-order valence-corrected chi connectivity index (χ3v) is 7.62. The van der Waals surface area contributed by atoms with Gasteiger partial charge in [-0.1, -0.05) is 37.6 Å². The van der Waals surface area contributed by atoms with Gasteiger partial charge in [-0.05, 0) is 70.0 Å². The number of ether oxygens (including phenoxy) is 1. The predicted octanol–water partition coefficient (Wildman–Crippen LogP) is 6.63. The minimum absolute atomic E-state index is 0.318. The molecule has 0 radical (unpaired) electrons. The first-order valence-electron chi connectivity index (χ1n) is 13.2. The molecule has 5 heteroatoms. The molecule has 5 nitrogen and oxygen atoms in total. The molecule has 0 aliphatic carbocycles. The lowest BCUT2D eigenvalue weighted by atomic mass is 9.78. The van der Waals surface area contributed by atoms with E-state index in [0.717, 1.165) is 60.2 Å². The van der Waals surface area contributed by atoms with Crippen LogP contribution in [0, 0.1) is 6.92 Å². The summed E-state index contributed by atoms with van der Waals surface area (Å²) in [7, 11) is 0. The van der Waals surface area contributed by atoms with E-state index in [1.54, 1.807) is 6.20 Å². The molecular formula is C31H35N3O2. The number of para-hydroxylation sites is 1. The van der Waals surface area contributed by atoms with Crippen molar-refractivity contribution in [3.63, 3.8) is 0 Å². The number of anilines is 1. The maximum Gasteiger partial charge on any atom is 0.341 e. The number of rotatable bonds is 8. The maximum absolute atomic E-state index is 13.4. The highest BCUT2D eigenvalue weighted by molar-refractivity contribution is 5.98. The Morgan fingerprint density at radius 2 is 1.78 bits per heavy atom. The van der Waals surface area contributed by atoms with Gasteiger partial charge < -0.3 is 14.2 Å². The highest BCUT2D eigenvalue weighted by atomic mass is 16.6. The van der Waals surface area contributed by atoms with E-state index in [2.05, 4.69) is 86.6 Å². The van der Waals surface area contributed by atoms with Crippen molar-refractivity contribution in [1.29, 1.82) is 0 Å². The molecule has 186 valence electrons. The van der Waals surface area contributed by atoms with Gasteiger partial charge in [0, 0.05) is 59.2 Å². The normalized spacial score (nSPS) is 16.9. The average molecular weight is 482 g/mol. The number of hydrogen-bond donors (Lipinski definition) is 0. The lowest BCUT2D eigenvalue weighted by Crippen LogP contribution is -2.33. The van der Waals surface area contributed by atoms with Crippen LogP contribution in [-0.2, 0) is 23.3 Å². The largest absolute Gasteiger partial charge is 0.439 e. The number of carbonyl (C=O) groups is 1. The number of carbonyl (C=O) groups excluding carboxylic acids is 1. The molecule has 0 N–H and O–H groups in total. The molecule has 2 aromatic carbocycles. The van der Waals surface area contributed by atoms with E-state index in [4.69, 9.17) is 9.72 Å². The molecule has 5 rings (SSSR count). The Hall–Kier alpha value is -3.60. The van der Waals surface area contributed by atoms with E-state index in [0.29, 0.717) is 11.3 Å². The van der Waals surface area contributed by atoms with Crippen LogP contribution in [0.5, 0.6) is 0 Å². The smallest absolute Gasteiger partial charge is 0.341 e. The monoisotopic (exact) mass is 481 g/mol. The number of fused-ring (bicyclic) bond motifs is 2. The van der Waals surface area contributed by atoms with Crippen LogP contribution in [0.1, 0.15) is 72.6 Å². The van der Waals surface area contributed by atoms with Crippen molar-refractivity contribution in [2.24, 2.45) is 0 Å². The molecule has 2 aromatic heterocycles. The Labute approximate surface area is 213 Å². The van der Waals surface area contributed by atoms with Gasteiger partial charge in [-0.25, -0.2) is 4.79 Å². The van der Waals surface area contributed by atoms with Gasteiger partial charge in [0.05, 0.1) is 5.56 Å². The van der Waals surface area contributed by atoms with Crippen LogP contribution in [-0.4, -0.2) is 28.6 Å². The molecular weight excluding hydrogens is 446 g/mol. The van der Waals surface area contributed by atoms with Gasteiger partial charge in [-0.2, -0.15) is 0 Å². The van der Waals surface area contributed by atoms with Gasteiger partial charge in [-0.15, -0.1) is 0 Å². The molecule has 3 heterocycles. The zero-order chi connectivity index (χ0) is 25.4. The molecule has 4 aromatic rings. The first kappa shape index (κ1) is 24.1. The third kappa shape index (κ3) is 3.44. The minimum atomic E-state index is -1.11. The molecule has 0 bridgehead atoms. The van der Waals surface area contributed by atoms with Crippen LogP contribution in [0.4, 0.5) is 5.69 Å². The van der Waals surface area contributed by atoms with Crippen LogP contribution < -0.4 is 4.90 Å². The van der Waals surface area contributed by atoms with Crippen LogP contribution in [0.3, 0.4) is 0 Å². The molecule has 0 fully saturated rings. The quantitative estimate of drug-likeness (QED) is 0.265. The second kappa shape index (κ2) is 9.45. The first-order valence-corrected chi connectivity index (χ1v) is 13.2. The van der Waals surface area contributed by atoms with Gasteiger partial charge in [0.15, 0.2) is 0 Å². The third-order valence-electron chi connectivity index (χ3n) is 7.62. The van der Waals surface area contributed by atoms with E-state index in [1.165, 1.54) is 11.3 Å². The van der Waals surface area contributed by atoms with Crippen molar-refractivity contribution < 1.29 is 9.53 Å². The molecule has 1 unspecified atom stereocenters. The summed E-state index contributed by atoms with van der Waals surface area (Å²) < 4.78 is 8.86. The summed E-state index contributed by atoms with van der Waals surface area (Å²) in [5, 5.41) is 1.10. The fraction of sp³-hybridized carbons (Fsp3) is 0.355. The molecule has 0 saturated carbocycles. The summed E-state index contributed by atoms with van der Waals surface area (Å²) in [4.78, 5) is 20.6. The van der Waals surface area contributed by atoms with Gasteiger partial charge >= 0.3 is 5.97 Å². The molecule has 1 atom stereocenters. The average Bonchev–Trinajstić information content (AvgIpc) is 3.36. The number of hydrogen-bond acceptors (Lipinski definition) is 4. The second-order valence-electron chi connectivity index (χ2n) is 9.46. The summed E-state index contributed by atoms with van der Waals surface area (Å²) in [5.41, 5.74) is 6.77. The van der Waals surface area contributed by atoms with Crippen LogP contribution >= 0.6 is 0 Å². The highest BCUT2D eigenvalue weighted by Crippen LogP contribution is 2.51. The van der Waals surface area contributed by atoms with Crippen molar-refractivity contribution in [2.45, 2.75) is 59.6 Å². The number of pyridine rings is 1. The zero-order valence-electron chi connectivity index (χ0n) is 22.0. The van der Waals surface area contributed by atoms with E-state index in [-0.39, 0.29) is 5.97 Å². The lowest BCUT2D eigenvalue weighted by molar-refractivity contribution is 0.0243. The molecule has 0 amide bonds. The summed E-state index contributed by atoms with van der Waals surface area (Å²) in [6, 6.07) is 18.7. The van der Waals surface area contributed by atoms with E-state index in [1.807, 2.05) is 12.1 Å². The van der Waals surface area contributed by atoms with Crippen molar-refractivity contribution >= 4 is 22.6 Å². The van der Waals surface area contributed by atoms with E-state index >= 15 is 0 Å². The standard InChI is InChI=1S/C31H35N3O2/c1-6-13-22-20-23(33(7-2)8-3)17-18-26(22)31(29-25(30(35)36-31)15-12-19-32-29)28-21(5)34(9-4)27-16-11-10-14-24(27)28/h10-12,14-20H,6-9,13H2,1-5H3. The van der Waals surface area contributed by atoms with E-state index < -0.39 is 5.60 Å². The minimum Gasteiger partial charge on any atom is -0.439 e. The SMILES string of the molecule is CCCc1cc(N(CC)CC)ccc1C1(c2c(C)n(CC)c3ccccc23)OC(=O)c2cccnc21. The number of cyclic esters (lactones) is 1. The van der Waals surface area contributed by atoms with Crippen molar-refractivity contribution in [2.75, 3.05) is 18.0 Å². The summed E-state index contributed by atoms with van der Waals surface area (Å²) >= 11 is 0. The summed E-state index contributed by atoms with van der Waals surface area (Å²) in [6.07, 6.45) is 3.65. The van der Waals surface area contributed by atoms with Crippen molar-refractivity contribution in [3.8, 4) is 0 Å². The van der Waals surface area contributed by atoms with Crippen LogP contribution in [0.25, 0.3) is 10.9 Å². The zero-order valence-corrected chi connectivity index (χ0v) is 22.0. The Morgan fingerprint density at radius 1 is 1.00 bits per heavy atom. The van der Waals surface area contributed by atoms with Crippen molar-refractivity contribution in [1.82, 2.24) is 9.55 Å². The predicted molar refractivity (Wildman–Crippen MR) is 146 cm³/mol. The number of aryl methyl sites for hydroxylation is 2. The molecule has 1 aliphatic rings. The maximum atomic E-state index is 13.4. The van der Waals surface area contributed by atoms with Crippen molar-refractivity contribution in [3.05, 3.63) is 94.4 Å². The Bertz CT molecular complexity index is 1430. The Balaban J connectivity index is 1.90. The highest BCUT2D eigenvalue weighted by Gasteiger charge is 2.53. The summed E-state index contributed by atoms with van der Waals surface area (Å²) in [6.45, 7) is 13.6. The number of benzene rings is 2. The van der Waals surface area contributed by atoms with Gasteiger partial charge in [0.25, 0.3) is 0 Å². The first-order chi connectivity index (χ1) is 17.5. The number of nitrogens with zero attached hydrogens (tertiary/aromatic N) is 3. The summed E-state index contributed by atoms with van der Waals surface area (Å²) in [5.74, 6) is -0.318. The fourth-order valence-corrected chi connectivity index (χ4v) is 6.05. The van der Waals surface area contributed by atoms with Crippen LogP contribution in [0.15, 0.2) is 60.8 Å². The number of aromatic nitrogens is 2. The van der Waals surface area contributed by atoms with Gasteiger partial charge in [-0.3, -0.25) is 4.98 Å². The van der Waals surface area contributed by atoms with Gasteiger partial charge in [0.2, 0.25) is 5.60 Å². The fourth-order valence-electron chi connectivity index (χ4n) is 6.05. The molecule has 1 aliphatic heterocycles. The Kier molecular flexibility index (Phi) is 6.33. The molecule has 36 heavy (non-hydrogen) atoms.